The summed E-state index contributed by atoms with van der Waals surface area (Å²) in [7, 11) is 0. The number of thiophene rings is 1. The average Bonchev–Trinajstić information content (AvgIpc) is 3.75. The monoisotopic (exact) mass is 693 g/mol. The van der Waals surface area contributed by atoms with Gasteiger partial charge in [0.2, 0.25) is 0 Å². The molecule has 0 unspecified atom stereocenters. The molecule has 2 aliphatic carbocycles. The second-order valence-corrected chi connectivity index (χ2v) is 16.0. The Bertz CT molecular complexity index is 2810. The number of nitrogens with zero attached hydrogens (tertiary/aromatic N) is 1. The minimum Gasteiger partial charge on any atom is -0.248 e. The number of aromatic nitrogens is 1. The summed E-state index contributed by atoms with van der Waals surface area (Å²) in [6.45, 7) is 4.87. The lowest BCUT2D eigenvalue weighted by Gasteiger charge is -2.46. The van der Waals surface area contributed by atoms with Gasteiger partial charge in [-0.05, 0) is 67.8 Å². The molecule has 9 aromatic rings. The Labute approximate surface area is 313 Å². The topological polar surface area (TPSA) is 12.9 Å². The lowest BCUT2D eigenvalue weighted by molar-refractivity contribution is 0.569. The van der Waals surface area contributed by atoms with Gasteiger partial charge in [-0.3, -0.25) is 0 Å². The van der Waals surface area contributed by atoms with E-state index >= 15 is 0 Å². The normalized spacial score (nSPS) is 14.5. The number of benzene rings is 7. The molecule has 1 nitrogen and oxygen atoms in total. The molecule has 0 aliphatic heterocycles. The minimum atomic E-state index is -0.405. The summed E-state index contributed by atoms with van der Waals surface area (Å²) < 4.78 is 2.65. The van der Waals surface area contributed by atoms with Crippen molar-refractivity contribution in [3.63, 3.8) is 0 Å². The molecule has 0 fully saturated rings. The van der Waals surface area contributed by atoms with Gasteiger partial charge < -0.3 is 0 Å². The second-order valence-electron chi connectivity index (χ2n) is 15.0. The van der Waals surface area contributed by atoms with Crippen molar-refractivity contribution >= 4 is 31.5 Å². The average molecular weight is 694 g/mol. The van der Waals surface area contributed by atoms with Crippen molar-refractivity contribution in [3.05, 3.63) is 209 Å². The Morgan fingerprint density at radius 1 is 0.396 bits per heavy atom. The van der Waals surface area contributed by atoms with E-state index < -0.39 is 5.41 Å². The predicted molar refractivity (Wildman–Crippen MR) is 223 cm³/mol. The van der Waals surface area contributed by atoms with Crippen LogP contribution >= 0.6 is 11.3 Å². The van der Waals surface area contributed by atoms with Gasteiger partial charge in [0.25, 0.3) is 0 Å². The molecule has 2 heteroatoms. The summed E-state index contributed by atoms with van der Waals surface area (Å²) in [6.07, 6.45) is 0. The Morgan fingerprint density at radius 2 is 0.943 bits per heavy atom. The fraction of sp³-hybridized carbons (Fsp3) is 0.0784. The van der Waals surface area contributed by atoms with Crippen molar-refractivity contribution in [2.24, 2.45) is 0 Å². The van der Waals surface area contributed by atoms with Crippen molar-refractivity contribution in [1.82, 2.24) is 4.98 Å². The first-order valence-electron chi connectivity index (χ1n) is 18.5. The molecular formula is C51H35NS. The van der Waals surface area contributed by atoms with Crippen LogP contribution in [-0.4, -0.2) is 4.98 Å². The number of hydrogen-bond acceptors (Lipinski definition) is 2. The van der Waals surface area contributed by atoms with Gasteiger partial charge in [-0.1, -0.05) is 178 Å². The van der Waals surface area contributed by atoms with Crippen LogP contribution in [0.15, 0.2) is 176 Å². The fourth-order valence-electron chi connectivity index (χ4n) is 9.67. The van der Waals surface area contributed by atoms with Crippen molar-refractivity contribution in [1.29, 1.82) is 0 Å². The summed E-state index contributed by atoms with van der Waals surface area (Å²) in [5.74, 6) is 0. The number of fused-ring (bicyclic) bond motifs is 13. The summed E-state index contributed by atoms with van der Waals surface area (Å²) >= 11 is 1.94. The molecule has 0 saturated carbocycles. The molecular weight excluding hydrogens is 659 g/mol. The number of rotatable bonds is 3. The zero-order valence-corrected chi connectivity index (χ0v) is 30.4. The molecule has 0 saturated heterocycles. The van der Waals surface area contributed by atoms with Crippen LogP contribution in [0.3, 0.4) is 0 Å². The van der Waals surface area contributed by atoms with Gasteiger partial charge in [-0.25, -0.2) is 4.98 Å². The molecule has 1 spiro atoms. The van der Waals surface area contributed by atoms with Crippen LogP contribution in [0.25, 0.3) is 64.9 Å². The molecule has 0 radical (unpaired) electrons. The summed E-state index contributed by atoms with van der Waals surface area (Å²) in [6, 6.07) is 64.8. The molecule has 0 bridgehead atoms. The van der Waals surface area contributed by atoms with Crippen LogP contribution in [0.4, 0.5) is 0 Å². The molecule has 0 atom stereocenters. The largest absolute Gasteiger partial charge is 0.248 e. The maximum absolute atomic E-state index is 5.38. The van der Waals surface area contributed by atoms with E-state index in [-0.39, 0.29) is 5.41 Å². The molecule has 2 aliphatic rings. The van der Waals surface area contributed by atoms with Crippen molar-refractivity contribution in [3.8, 4) is 44.8 Å². The van der Waals surface area contributed by atoms with Crippen LogP contribution < -0.4 is 0 Å². The van der Waals surface area contributed by atoms with Crippen molar-refractivity contribution in [2.75, 3.05) is 0 Å². The molecule has 2 heterocycles. The third-order valence-electron chi connectivity index (χ3n) is 11.9. The van der Waals surface area contributed by atoms with E-state index in [2.05, 4.69) is 190 Å². The zero-order chi connectivity index (χ0) is 35.3. The molecule has 0 amide bonds. The first-order valence-corrected chi connectivity index (χ1v) is 19.3. The molecule has 11 rings (SSSR count). The van der Waals surface area contributed by atoms with E-state index in [0.29, 0.717) is 0 Å². The Morgan fingerprint density at radius 3 is 1.64 bits per heavy atom. The summed E-state index contributed by atoms with van der Waals surface area (Å²) in [5, 5.41) is 2.60. The Hall–Kier alpha value is -6.09. The van der Waals surface area contributed by atoms with Gasteiger partial charge in [0, 0.05) is 36.7 Å². The van der Waals surface area contributed by atoms with Crippen molar-refractivity contribution < 1.29 is 0 Å². The highest BCUT2D eigenvalue weighted by molar-refractivity contribution is 7.26. The molecule has 53 heavy (non-hydrogen) atoms. The molecule has 250 valence electrons. The van der Waals surface area contributed by atoms with Crippen LogP contribution in [0.5, 0.6) is 0 Å². The maximum atomic E-state index is 5.38. The van der Waals surface area contributed by atoms with Gasteiger partial charge >= 0.3 is 0 Å². The smallest absolute Gasteiger partial charge is 0.0730 e. The fourth-order valence-corrected chi connectivity index (χ4v) is 11.2. The van der Waals surface area contributed by atoms with E-state index in [0.717, 1.165) is 17.0 Å². The van der Waals surface area contributed by atoms with E-state index in [1.54, 1.807) is 0 Å². The standard InChI is InChI=1S/C51H35NS/c1-50(2)42-26-13-14-27-43(42)51(40-24-11-9-20-35(40)36-21-10-12-25-41(36)51)44-29-28-38-37-22-15-23-39(48(37)53-49(38)47(44)50)46-31-34(32-16-5-3-6-17-32)30-45(52-46)33-18-7-4-8-19-33/h3-31H,1-2H3. The quantitative estimate of drug-likeness (QED) is 0.179. The summed E-state index contributed by atoms with van der Waals surface area (Å²) in [4.78, 5) is 5.38. The SMILES string of the molecule is CC1(C)c2ccccc2C2(c3ccccc3-c3ccccc32)c2ccc3c(sc4c(-c5cc(-c6ccccc6)cc(-c6ccccc6)n5)cccc43)c21. The van der Waals surface area contributed by atoms with Crippen LogP contribution in [0, 0.1) is 0 Å². The first-order chi connectivity index (χ1) is 26.0. The molecule has 2 aromatic heterocycles. The number of pyridine rings is 1. The number of hydrogen-bond donors (Lipinski definition) is 0. The highest BCUT2D eigenvalue weighted by Gasteiger charge is 2.53. The van der Waals surface area contributed by atoms with Crippen molar-refractivity contribution in [2.45, 2.75) is 24.7 Å². The van der Waals surface area contributed by atoms with Gasteiger partial charge in [0.15, 0.2) is 0 Å². The summed E-state index contributed by atoms with van der Waals surface area (Å²) in [5.41, 5.74) is 17.0. The molecule has 0 N–H and O–H groups in total. The van der Waals surface area contributed by atoms with E-state index in [9.17, 15) is 0 Å². The van der Waals surface area contributed by atoms with Gasteiger partial charge in [0.1, 0.15) is 0 Å². The van der Waals surface area contributed by atoms with Gasteiger partial charge in [-0.15, -0.1) is 11.3 Å². The van der Waals surface area contributed by atoms with Crippen LogP contribution in [0.1, 0.15) is 47.2 Å². The highest BCUT2D eigenvalue weighted by Crippen LogP contribution is 2.63. The minimum absolute atomic E-state index is 0.226. The third kappa shape index (κ3) is 4.16. The van der Waals surface area contributed by atoms with Crippen LogP contribution in [0.2, 0.25) is 0 Å². The highest BCUT2D eigenvalue weighted by atomic mass is 32.1. The van der Waals surface area contributed by atoms with E-state index in [1.165, 1.54) is 81.4 Å². The third-order valence-corrected chi connectivity index (χ3v) is 13.2. The predicted octanol–water partition coefficient (Wildman–Crippen LogP) is 13.5. The Balaban J connectivity index is 1.22. The lowest BCUT2D eigenvalue weighted by atomic mass is 9.55. The Kier molecular flexibility index (Phi) is 6.45. The van der Waals surface area contributed by atoms with Gasteiger partial charge in [0.05, 0.1) is 16.8 Å². The second kappa shape index (κ2) is 11.2. The van der Waals surface area contributed by atoms with Gasteiger partial charge in [-0.2, -0.15) is 0 Å². The first kappa shape index (κ1) is 30.5. The van der Waals surface area contributed by atoms with E-state index in [4.69, 9.17) is 4.98 Å². The lowest BCUT2D eigenvalue weighted by Crippen LogP contribution is -2.40. The zero-order valence-electron chi connectivity index (χ0n) is 29.6. The van der Waals surface area contributed by atoms with Crippen LogP contribution in [-0.2, 0) is 10.8 Å². The molecule has 7 aromatic carbocycles. The maximum Gasteiger partial charge on any atom is 0.0730 e. The van der Waals surface area contributed by atoms with E-state index in [1.807, 2.05) is 11.3 Å².